The van der Waals surface area contributed by atoms with Crippen molar-refractivity contribution in [2.24, 2.45) is 7.05 Å². The predicted octanol–water partition coefficient (Wildman–Crippen LogP) is 2.64. The molecule has 2 aliphatic rings. The normalized spacial score (nSPS) is 19.9. The third-order valence-electron chi connectivity index (χ3n) is 5.57. The first-order chi connectivity index (χ1) is 12.2. The third kappa shape index (κ3) is 3.52. The standard InChI is InChI=1S/C20H27N3O2/c1-21-11-9-17-18(21)4-2-5-19(17)25-16-7-12-22(13-8-16)14-15-23-10-3-6-20(23)24/h2,4-5,9,11,16H,3,6-8,10,12-15H2,1H3. The summed E-state index contributed by atoms with van der Waals surface area (Å²) < 4.78 is 8.45. The van der Waals surface area contributed by atoms with Crippen LogP contribution in [0.25, 0.3) is 10.9 Å². The molecule has 3 heterocycles. The zero-order chi connectivity index (χ0) is 17.2. The van der Waals surface area contributed by atoms with Gasteiger partial charge in [-0.25, -0.2) is 0 Å². The van der Waals surface area contributed by atoms with E-state index in [-0.39, 0.29) is 6.10 Å². The molecule has 1 amide bonds. The van der Waals surface area contributed by atoms with Crippen LogP contribution < -0.4 is 4.74 Å². The second kappa shape index (κ2) is 7.08. The van der Waals surface area contributed by atoms with Crippen LogP contribution in [0.5, 0.6) is 5.75 Å². The Hall–Kier alpha value is -2.01. The highest BCUT2D eigenvalue weighted by atomic mass is 16.5. The predicted molar refractivity (Wildman–Crippen MR) is 98.8 cm³/mol. The lowest BCUT2D eigenvalue weighted by molar-refractivity contribution is -0.127. The van der Waals surface area contributed by atoms with Crippen molar-refractivity contribution in [2.75, 3.05) is 32.7 Å². The molecule has 2 fully saturated rings. The minimum Gasteiger partial charge on any atom is -0.490 e. The summed E-state index contributed by atoms with van der Waals surface area (Å²) >= 11 is 0. The molecule has 0 N–H and O–H groups in total. The lowest BCUT2D eigenvalue weighted by Crippen LogP contribution is -2.42. The van der Waals surface area contributed by atoms with Crippen molar-refractivity contribution in [3.8, 4) is 5.75 Å². The van der Waals surface area contributed by atoms with Gasteiger partial charge in [0, 0.05) is 57.8 Å². The number of fused-ring (bicyclic) bond motifs is 1. The molecule has 2 saturated heterocycles. The van der Waals surface area contributed by atoms with Crippen molar-refractivity contribution >= 4 is 16.8 Å². The molecule has 2 aliphatic heterocycles. The van der Waals surface area contributed by atoms with E-state index in [4.69, 9.17) is 4.74 Å². The number of ether oxygens (including phenoxy) is 1. The lowest BCUT2D eigenvalue weighted by Gasteiger charge is -2.33. The summed E-state index contributed by atoms with van der Waals surface area (Å²) in [4.78, 5) is 16.2. The number of rotatable bonds is 5. The summed E-state index contributed by atoms with van der Waals surface area (Å²) in [5.74, 6) is 1.33. The Labute approximate surface area is 149 Å². The summed E-state index contributed by atoms with van der Waals surface area (Å²) in [6.07, 6.45) is 6.24. The molecule has 1 aromatic heterocycles. The molecule has 0 atom stereocenters. The molecule has 4 rings (SSSR count). The monoisotopic (exact) mass is 341 g/mol. The number of carbonyl (C=O) groups excluding carboxylic acids is 1. The van der Waals surface area contributed by atoms with E-state index in [2.05, 4.69) is 47.0 Å². The van der Waals surface area contributed by atoms with E-state index in [0.29, 0.717) is 5.91 Å². The molecule has 0 radical (unpaired) electrons. The minimum atomic E-state index is 0.287. The van der Waals surface area contributed by atoms with E-state index in [1.807, 2.05) is 4.90 Å². The SMILES string of the molecule is Cn1ccc2c(OC3CCN(CCN4CCCC4=O)CC3)cccc21. The number of piperidine rings is 1. The van der Waals surface area contributed by atoms with Crippen molar-refractivity contribution in [3.63, 3.8) is 0 Å². The van der Waals surface area contributed by atoms with E-state index in [9.17, 15) is 4.79 Å². The fraction of sp³-hybridized carbons (Fsp3) is 0.550. The number of carbonyl (C=O) groups is 1. The fourth-order valence-corrected chi connectivity index (χ4v) is 4.01. The van der Waals surface area contributed by atoms with Crippen molar-refractivity contribution in [2.45, 2.75) is 31.8 Å². The number of benzene rings is 1. The zero-order valence-corrected chi connectivity index (χ0v) is 15.0. The average Bonchev–Trinajstić information content (AvgIpc) is 3.21. The molecule has 0 aliphatic carbocycles. The van der Waals surface area contributed by atoms with Crippen molar-refractivity contribution < 1.29 is 9.53 Å². The maximum Gasteiger partial charge on any atom is 0.222 e. The number of aromatic nitrogens is 1. The maximum absolute atomic E-state index is 11.7. The molecule has 0 saturated carbocycles. The van der Waals surface area contributed by atoms with Crippen LogP contribution in [0.2, 0.25) is 0 Å². The molecular formula is C20H27N3O2. The Balaban J connectivity index is 1.29. The second-order valence-corrected chi connectivity index (χ2v) is 7.26. The van der Waals surface area contributed by atoms with Gasteiger partial charge < -0.3 is 19.1 Å². The molecule has 0 unspecified atom stereocenters. The van der Waals surface area contributed by atoms with Gasteiger partial charge in [0.05, 0.1) is 5.52 Å². The first-order valence-electron chi connectivity index (χ1n) is 9.41. The highest BCUT2D eigenvalue weighted by Crippen LogP contribution is 2.28. The van der Waals surface area contributed by atoms with Gasteiger partial charge in [0.25, 0.3) is 0 Å². The van der Waals surface area contributed by atoms with Crippen LogP contribution >= 0.6 is 0 Å². The van der Waals surface area contributed by atoms with Crippen LogP contribution in [0, 0.1) is 0 Å². The molecule has 0 bridgehead atoms. The molecule has 0 spiro atoms. The van der Waals surface area contributed by atoms with Gasteiger partial charge >= 0.3 is 0 Å². The number of likely N-dealkylation sites (tertiary alicyclic amines) is 2. The molecular weight excluding hydrogens is 314 g/mol. The van der Waals surface area contributed by atoms with E-state index in [0.717, 1.165) is 64.2 Å². The second-order valence-electron chi connectivity index (χ2n) is 7.26. The summed E-state index contributed by atoms with van der Waals surface area (Å²) in [5, 5.41) is 1.19. The number of aryl methyl sites for hydroxylation is 1. The Morgan fingerprint density at radius 1 is 1.12 bits per heavy atom. The topological polar surface area (TPSA) is 37.7 Å². The van der Waals surface area contributed by atoms with Crippen LogP contribution in [-0.2, 0) is 11.8 Å². The Bertz CT molecular complexity index is 746. The van der Waals surface area contributed by atoms with Gasteiger partial charge in [-0.05, 0) is 37.5 Å². The van der Waals surface area contributed by atoms with Crippen molar-refractivity contribution in [1.29, 1.82) is 0 Å². The Morgan fingerprint density at radius 2 is 1.96 bits per heavy atom. The summed E-state index contributed by atoms with van der Waals surface area (Å²) in [6.45, 7) is 4.93. The first-order valence-corrected chi connectivity index (χ1v) is 9.41. The molecule has 134 valence electrons. The fourth-order valence-electron chi connectivity index (χ4n) is 4.01. The quantitative estimate of drug-likeness (QED) is 0.839. The smallest absolute Gasteiger partial charge is 0.222 e. The number of amides is 1. The number of hydrogen-bond donors (Lipinski definition) is 0. The molecule has 5 heteroatoms. The average molecular weight is 341 g/mol. The first kappa shape index (κ1) is 16.5. The van der Waals surface area contributed by atoms with Crippen LogP contribution in [0.15, 0.2) is 30.5 Å². The van der Waals surface area contributed by atoms with Crippen LogP contribution in [0.4, 0.5) is 0 Å². The van der Waals surface area contributed by atoms with Gasteiger partial charge in [0.1, 0.15) is 11.9 Å². The molecule has 2 aromatic rings. The van der Waals surface area contributed by atoms with Gasteiger partial charge in [-0.2, -0.15) is 0 Å². The van der Waals surface area contributed by atoms with Gasteiger partial charge in [0.2, 0.25) is 5.91 Å². The number of nitrogens with zero attached hydrogens (tertiary/aromatic N) is 3. The molecule has 25 heavy (non-hydrogen) atoms. The largest absolute Gasteiger partial charge is 0.490 e. The Morgan fingerprint density at radius 3 is 2.72 bits per heavy atom. The van der Waals surface area contributed by atoms with Gasteiger partial charge in [-0.15, -0.1) is 0 Å². The van der Waals surface area contributed by atoms with Crippen LogP contribution in [-0.4, -0.2) is 59.1 Å². The van der Waals surface area contributed by atoms with Crippen molar-refractivity contribution in [1.82, 2.24) is 14.4 Å². The third-order valence-corrected chi connectivity index (χ3v) is 5.57. The van der Waals surface area contributed by atoms with E-state index >= 15 is 0 Å². The summed E-state index contributed by atoms with van der Waals surface area (Å²) in [5.41, 5.74) is 1.21. The zero-order valence-electron chi connectivity index (χ0n) is 15.0. The van der Waals surface area contributed by atoms with E-state index in [1.54, 1.807) is 0 Å². The van der Waals surface area contributed by atoms with E-state index in [1.165, 1.54) is 10.9 Å². The highest BCUT2D eigenvalue weighted by Gasteiger charge is 2.24. The Kier molecular flexibility index (Phi) is 4.66. The lowest BCUT2D eigenvalue weighted by atomic mass is 10.1. The highest BCUT2D eigenvalue weighted by molar-refractivity contribution is 5.86. The van der Waals surface area contributed by atoms with Gasteiger partial charge in [-0.1, -0.05) is 6.07 Å². The minimum absolute atomic E-state index is 0.287. The van der Waals surface area contributed by atoms with Gasteiger partial charge in [0.15, 0.2) is 0 Å². The van der Waals surface area contributed by atoms with Crippen LogP contribution in [0.3, 0.4) is 0 Å². The number of hydrogen-bond acceptors (Lipinski definition) is 3. The molecule has 5 nitrogen and oxygen atoms in total. The van der Waals surface area contributed by atoms with E-state index < -0.39 is 0 Å². The summed E-state index contributed by atoms with van der Waals surface area (Å²) in [6, 6.07) is 8.41. The maximum atomic E-state index is 11.7. The van der Waals surface area contributed by atoms with Gasteiger partial charge in [-0.3, -0.25) is 4.79 Å². The summed E-state index contributed by atoms with van der Waals surface area (Å²) in [7, 11) is 2.07. The van der Waals surface area contributed by atoms with Crippen molar-refractivity contribution in [3.05, 3.63) is 30.5 Å². The van der Waals surface area contributed by atoms with Crippen LogP contribution in [0.1, 0.15) is 25.7 Å². The molecule has 1 aromatic carbocycles.